The van der Waals surface area contributed by atoms with Crippen LogP contribution >= 0.6 is 11.3 Å². The van der Waals surface area contributed by atoms with Gasteiger partial charge in [0.15, 0.2) is 0 Å². The minimum atomic E-state index is -0.482. The molecule has 0 spiro atoms. The molecule has 1 aliphatic heterocycles. The molecule has 7 heteroatoms. The van der Waals surface area contributed by atoms with Crippen molar-refractivity contribution in [2.24, 2.45) is 0 Å². The van der Waals surface area contributed by atoms with Crippen molar-refractivity contribution in [3.8, 4) is 0 Å². The highest BCUT2D eigenvalue weighted by molar-refractivity contribution is 7.13. The lowest BCUT2D eigenvalue weighted by Gasteiger charge is -2.20. The molecule has 1 fully saturated rings. The lowest BCUT2D eigenvalue weighted by Crippen LogP contribution is -2.35. The zero-order valence-electron chi connectivity index (χ0n) is 16.7. The number of H-pyrrole nitrogens is 1. The molecular weight excluding hydrogens is 396 g/mol. The van der Waals surface area contributed by atoms with Crippen LogP contribution in [0.15, 0.2) is 60.0 Å². The fourth-order valence-corrected chi connectivity index (χ4v) is 4.57. The molecule has 2 heterocycles. The number of nitrogens with two attached hydrogens (primary N) is 1. The number of nitrogens with one attached hydrogen (secondary N) is 3. The van der Waals surface area contributed by atoms with Crippen LogP contribution in [0, 0.1) is 0 Å². The first-order valence-corrected chi connectivity index (χ1v) is 11.1. The first kappa shape index (κ1) is 20.5. The van der Waals surface area contributed by atoms with Gasteiger partial charge >= 0.3 is 5.13 Å². The second-order valence-electron chi connectivity index (χ2n) is 7.78. The highest BCUT2D eigenvalue weighted by Crippen LogP contribution is 2.26. The molecule has 0 saturated carbocycles. The lowest BCUT2D eigenvalue weighted by molar-refractivity contribution is -0.365. The highest BCUT2D eigenvalue weighted by Gasteiger charge is 2.29. The van der Waals surface area contributed by atoms with Crippen molar-refractivity contribution < 1.29 is 14.9 Å². The maximum atomic E-state index is 12.2. The lowest BCUT2D eigenvalue weighted by atomic mass is 10.0. The minimum Gasteiger partial charge on any atom is -0.387 e. The monoisotopic (exact) mass is 423 g/mol. The summed E-state index contributed by atoms with van der Waals surface area (Å²) in [5, 5.41) is 19.6. The number of thiazole rings is 1. The smallest absolute Gasteiger partial charge is 0.329 e. The van der Waals surface area contributed by atoms with Gasteiger partial charge in [-0.1, -0.05) is 53.8 Å². The second kappa shape index (κ2) is 9.38. The van der Waals surface area contributed by atoms with Gasteiger partial charge in [0, 0.05) is 23.2 Å². The van der Waals surface area contributed by atoms with E-state index in [1.807, 2.05) is 60.0 Å². The number of hydrogen-bond donors (Lipinski definition) is 4. The average molecular weight is 424 g/mol. The predicted octanol–water partition coefficient (Wildman–Crippen LogP) is 2.72. The standard InChI is InChI=1S/C23H26N4O2S/c24-23-27-19(14-30-23)13-21(28)26-17-8-6-15(7-9-17)12-18-10-11-20(25-18)22(29)16-4-2-1-3-5-16/h1-9,14,18,20,22,25,29H,10-13H2,(H2,24,27)(H,26,28)/p+1. The van der Waals surface area contributed by atoms with Crippen LogP contribution in [0.4, 0.5) is 10.8 Å². The zero-order valence-corrected chi connectivity index (χ0v) is 17.5. The van der Waals surface area contributed by atoms with E-state index in [9.17, 15) is 9.90 Å². The summed E-state index contributed by atoms with van der Waals surface area (Å²) >= 11 is 1.39. The topological polar surface area (TPSA) is 102 Å². The fraction of sp³-hybridized carbons (Fsp3) is 0.304. The number of carbonyl (C=O) groups is 1. The summed E-state index contributed by atoms with van der Waals surface area (Å²) in [4.78, 5) is 15.1. The maximum Gasteiger partial charge on any atom is 0.329 e. The van der Waals surface area contributed by atoms with Crippen molar-refractivity contribution in [1.82, 2.24) is 5.32 Å². The number of benzene rings is 2. The van der Waals surface area contributed by atoms with E-state index < -0.39 is 6.10 Å². The Balaban J connectivity index is 1.27. The van der Waals surface area contributed by atoms with E-state index in [1.165, 1.54) is 16.9 Å². The summed E-state index contributed by atoms with van der Waals surface area (Å²) in [6, 6.07) is 18.2. The van der Waals surface area contributed by atoms with Crippen molar-refractivity contribution in [3.63, 3.8) is 0 Å². The number of aliphatic hydroxyl groups excluding tert-OH is 1. The molecule has 6 nitrogen and oxygen atoms in total. The highest BCUT2D eigenvalue weighted by atomic mass is 32.1. The largest absolute Gasteiger partial charge is 0.387 e. The summed E-state index contributed by atoms with van der Waals surface area (Å²) < 4.78 is 0. The number of amides is 1. The molecule has 2 aromatic carbocycles. The van der Waals surface area contributed by atoms with Crippen molar-refractivity contribution in [2.75, 3.05) is 11.1 Å². The summed E-state index contributed by atoms with van der Waals surface area (Å²) in [5.74, 6) is -0.0769. The quantitative estimate of drug-likeness (QED) is 0.469. The van der Waals surface area contributed by atoms with E-state index in [1.54, 1.807) is 0 Å². The van der Waals surface area contributed by atoms with Crippen LogP contribution in [0.25, 0.3) is 0 Å². The Labute approximate surface area is 180 Å². The number of aromatic amines is 1. The SMILES string of the molecule is Nc1[nH+]c(CC(=O)Nc2ccc(CC3CCC(C(O)c4ccccc4)N3)cc2)cs1. The summed E-state index contributed by atoms with van der Waals surface area (Å²) in [5.41, 5.74) is 9.41. The van der Waals surface area contributed by atoms with Gasteiger partial charge in [-0.25, -0.2) is 4.98 Å². The first-order chi connectivity index (χ1) is 14.6. The summed E-state index contributed by atoms with van der Waals surface area (Å²) in [6.07, 6.45) is 2.68. The van der Waals surface area contributed by atoms with E-state index in [2.05, 4.69) is 15.6 Å². The number of nitrogen functional groups attached to an aromatic ring is 1. The molecule has 30 heavy (non-hydrogen) atoms. The predicted molar refractivity (Wildman–Crippen MR) is 119 cm³/mol. The van der Waals surface area contributed by atoms with Gasteiger partial charge in [-0.3, -0.25) is 10.5 Å². The number of anilines is 2. The van der Waals surface area contributed by atoms with Gasteiger partial charge in [0.1, 0.15) is 5.69 Å². The molecule has 0 aliphatic carbocycles. The van der Waals surface area contributed by atoms with Crippen LogP contribution in [0.1, 0.15) is 35.8 Å². The first-order valence-electron chi connectivity index (χ1n) is 10.2. The van der Waals surface area contributed by atoms with E-state index in [0.717, 1.165) is 36.2 Å². The molecule has 0 radical (unpaired) electrons. The van der Waals surface area contributed by atoms with Gasteiger partial charge in [-0.05, 0) is 42.5 Å². The Morgan fingerprint density at radius 1 is 1.20 bits per heavy atom. The van der Waals surface area contributed by atoms with Gasteiger partial charge in [0.2, 0.25) is 5.91 Å². The summed E-state index contributed by atoms with van der Waals surface area (Å²) in [7, 11) is 0. The average Bonchev–Trinajstić information content (AvgIpc) is 3.38. The van der Waals surface area contributed by atoms with Gasteiger partial charge in [-0.15, -0.1) is 0 Å². The number of aliphatic hydroxyl groups is 1. The number of hydrogen-bond acceptors (Lipinski definition) is 5. The molecule has 1 aromatic heterocycles. The van der Waals surface area contributed by atoms with Gasteiger partial charge in [0.05, 0.1) is 12.5 Å². The van der Waals surface area contributed by atoms with Gasteiger partial charge in [0.25, 0.3) is 0 Å². The van der Waals surface area contributed by atoms with Crippen molar-refractivity contribution >= 4 is 28.1 Å². The number of carbonyl (C=O) groups excluding carboxylic acids is 1. The zero-order chi connectivity index (χ0) is 20.9. The van der Waals surface area contributed by atoms with Gasteiger partial charge < -0.3 is 15.7 Å². The molecule has 3 atom stereocenters. The van der Waals surface area contributed by atoms with Crippen LogP contribution in [-0.2, 0) is 17.6 Å². The summed E-state index contributed by atoms with van der Waals surface area (Å²) in [6.45, 7) is 0. The van der Waals surface area contributed by atoms with E-state index >= 15 is 0 Å². The van der Waals surface area contributed by atoms with E-state index in [-0.39, 0.29) is 18.4 Å². The van der Waals surface area contributed by atoms with Crippen LogP contribution in [0.3, 0.4) is 0 Å². The molecule has 156 valence electrons. The molecule has 3 aromatic rings. The van der Waals surface area contributed by atoms with E-state index in [0.29, 0.717) is 11.2 Å². The third-order valence-corrected chi connectivity index (χ3v) is 6.24. The molecule has 6 N–H and O–H groups in total. The molecule has 1 saturated heterocycles. The normalized spacial score (nSPS) is 19.5. The second-order valence-corrected chi connectivity index (χ2v) is 8.69. The van der Waals surface area contributed by atoms with Gasteiger partial charge in [-0.2, -0.15) is 0 Å². The molecule has 4 rings (SSSR count). The number of rotatable bonds is 7. The van der Waals surface area contributed by atoms with Crippen LogP contribution < -0.4 is 21.4 Å². The number of aromatic nitrogens is 1. The third-order valence-electron chi connectivity index (χ3n) is 5.48. The minimum absolute atomic E-state index is 0.0769. The fourth-order valence-electron chi connectivity index (χ4n) is 3.97. The van der Waals surface area contributed by atoms with Crippen molar-refractivity contribution in [2.45, 2.75) is 43.9 Å². The Kier molecular flexibility index (Phi) is 6.42. The molecule has 3 unspecified atom stereocenters. The van der Waals surface area contributed by atoms with Crippen molar-refractivity contribution in [1.29, 1.82) is 0 Å². The third kappa shape index (κ3) is 5.24. The van der Waals surface area contributed by atoms with Crippen molar-refractivity contribution in [3.05, 3.63) is 76.8 Å². The van der Waals surface area contributed by atoms with Crippen LogP contribution in [-0.4, -0.2) is 23.1 Å². The van der Waals surface area contributed by atoms with E-state index in [4.69, 9.17) is 5.73 Å². The molecular formula is C23H27N4O2S+. The Morgan fingerprint density at radius 2 is 1.97 bits per heavy atom. The molecule has 1 aliphatic rings. The molecule has 0 bridgehead atoms. The Morgan fingerprint density at radius 3 is 2.67 bits per heavy atom. The molecule has 1 amide bonds. The van der Waals surface area contributed by atoms with Crippen LogP contribution in [0.2, 0.25) is 0 Å². The maximum absolute atomic E-state index is 12.2. The Hall–Kier alpha value is -2.74. The Bertz CT molecular complexity index is 974. The van der Waals surface area contributed by atoms with Crippen LogP contribution in [0.5, 0.6) is 0 Å².